The topological polar surface area (TPSA) is 87.5 Å². The molecule has 0 aliphatic carbocycles. The van der Waals surface area contributed by atoms with Gasteiger partial charge in [0.1, 0.15) is 12.6 Å². The maximum atomic E-state index is 13.3. The van der Waals surface area contributed by atoms with Crippen LogP contribution in [0.25, 0.3) is 0 Å². The first-order valence-corrected chi connectivity index (χ1v) is 14.1. The van der Waals surface area contributed by atoms with Gasteiger partial charge in [0.2, 0.25) is 11.1 Å². The predicted molar refractivity (Wildman–Crippen MR) is 150 cm³/mol. The molecule has 1 aliphatic rings. The summed E-state index contributed by atoms with van der Waals surface area (Å²) in [5, 5.41) is 8.64. The number of aryl methyl sites for hydroxylation is 1. The number of allylic oxidation sites excluding steroid dienone is 1. The van der Waals surface area contributed by atoms with Crippen LogP contribution in [0.5, 0.6) is 11.5 Å². The molecule has 2 heterocycles. The molecule has 0 radical (unpaired) electrons. The summed E-state index contributed by atoms with van der Waals surface area (Å²) in [6, 6.07) is 13.5. The van der Waals surface area contributed by atoms with Gasteiger partial charge in [0.05, 0.1) is 18.8 Å². The average Bonchev–Trinajstić information content (AvgIpc) is 3.29. The fourth-order valence-electron chi connectivity index (χ4n) is 4.33. The zero-order valence-corrected chi connectivity index (χ0v) is 23.6. The Hall–Kier alpha value is -3.46. The Morgan fingerprint density at radius 3 is 2.66 bits per heavy atom. The van der Waals surface area contributed by atoms with Crippen molar-refractivity contribution in [3.05, 3.63) is 70.4 Å². The number of nitrogens with zero attached hydrogens (tertiary/aromatic N) is 3. The third-order valence-corrected chi connectivity index (χ3v) is 6.84. The lowest BCUT2D eigenvalue weighted by Gasteiger charge is -2.28. The zero-order chi connectivity index (χ0) is 27.1. The lowest BCUT2D eigenvalue weighted by atomic mass is 9.95. The molecule has 0 bridgehead atoms. The number of rotatable bonds is 12. The van der Waals surface area contributed by atoms with Crippen LogP contribution in [0, 0.1) is 6.92 Å². The van der Waals surface area contributed by atoms with E-state index in [0.717, 1.165) is 29.7 Å². The SMILES string of the molecule is CCCCOC(=O)C1=C(C)Nc2nc(SCC)nn2C1c1ccc(OCc2cccc(C)c2)c(OCC)c1. The van der Waals surface area contributed by atoms with Gasteiger partial charge in [-0.3, -0.25) is 0 Å². The molecular formula is C29H36N4O4S. The highest BCUT2D eigenvalue weighted by atomic mass is 32.2. The molecule has 0 amide bonds. The van der Waals surface area contributed by atoms with Gasteiger partial charge in [-0.1, -0.05) is 67.9 Å². The maximum Gasteiger partial charge on any atom is 0.338 e. The first kappa shape index (κ1) is 27.6. The number of aromatic nitrogens is 3. The molecule has 4 rings (SSSR count). The van der Waals surface area contributed by atoms with Crippen molar-refractivity contribution in [2.75, 3.05) is 24.3 Å². The van der Waals surface area contributed by atoms with Crippen molar-refractivity contribution < 1.29 is 19.0 Å². The minimum atomic E-state index is -0.524. The summed E-state index contributed by atoms with van der Waals surface area (Å²) in [4.78, 5) is 18.0. The molecule has 3 aromatic rings. The van der Waals surface area contributed by atoms with Crippen molar-refractivity contribution in [3.63, 3.8) is 0 Å². The van der Waals surface area contributed by atoms with Gasteiger partial charge in [-0.15, -0.1) is 5.10 Å². The van der Waals surface area contributed by atoms with Gasteiger partial charge in [0, 0.05) is 5.70 Å². The number of unbranched alkanes of at least 4 members (excludes halogenated alkanes) is 1. The molecule has 38 heavy (non-hydrogen) atoms. The fourth-order valence-corrected chi connectivity index (χ4v) is 4.88. The van der Waals surface area contributed by atoms with E-state index in [0.29, 0.717) is 53.7 Å². The molecule has 1 aromatic heterocycles. The molecule has 1 unspecified atom stereocenters. The summed E-state index contributed by atoms with van der Waals surface area (Å²) in [6.45, 7) is 11.3. The van der Waals surface area contributed by atoms with Gasteiger partial charge < -0.3 is 19.5 Å². The predicted octanol–water partition coefficient (Wildman–Crippen LogP) is 6.31. The van der Waals surface area contributed by atoms with Gasteiger partial charge in [-0.25, -0.2) is 9.48 Å². The van der Waals surface area contributed by atoms with Crippen molar-refractivity contribution in [3.8, 4) is 11.5 Å². The summed E-state index contributed by atoms with van der Waals surface area (Å²) in [6.07, 6.45) is 1.75. The molecule has 1 aliphatic heterocycles. The van der Waals surface area contributed by atoms with Gasteiger partial charge in [0.25, 0.3) is 0 Å². The van der Waals surface area contributed by atoms with Crippen LogP contribution in [0.15, 0.2) is 58.9 Å². The third-order valence-electron chi connectivity index (χ3n) is 6.12. The highest BCUT2D eigenvalue weighted by molar-refractivity contribution is 7.99. The molecule has 0 fully saturated rings. The molecule has 0 spiro atoms. The van der Waals surface area contributed by atoms with Crippen LogP contribution in [-0.2, 0) is 16.1 Å². The number of anilines is 1. The smallest absolute Gasteiger partial charge is 0.338 e. The summed E-state index contributed by atoms with van der Waals surface area (Å²) >= 11 is 1.55. The second-order valence-electron chi connectivity index (χ2n) is 9.07. The Labute approximate surface area is 228 Å². The Kier molecular flexibility index (Phi) is 9.33. The average molecular weight is 537 g/mol. The highest BCUT2D eigenvalue weighted by Crippen LogP contribution is 2.40. The quantitative estimate of drug-likeness (QED) is 0.164. The van der Waals surface area contributed by atoms with Crippen molar-refractivity contribution >= 4 is 23.7 Å². The van der Waals surface area contributed by atoms with Crippen LogP contribution in [-0.4, -0.2) is 39.7 Å². The van der Waals surface area contributed by atoms with E-state index < -0.39 is 6.04 Å². The van der Waals surface area contributed by atoms with E-state index >= 15 is 0 Å². The summed E-state index contributed by atoms with van der Waals surface area (Å²) in [5.74, 6) is 2.31. The summed E-state index contributed by atoms with van der Waals surface area (Å²) < 4.78 is 19.6. The number of carbonyl (C=O) groups is 1. The number of hydrogen-bond donors (Lipinski definition) is 1. The zero-order valence-electron chi connectivity index (χ0n) is 22.7. The fraction of sp³-hybridized carbons (Fsp3) is 0.414. The van der Waals surface area contributed by atoms with Crippen LogP contribution in [0.2, 0.25) is 0 Å². The van der Waals surface area contributed by atoms with Crippen molar-refractivity contribution in [1.29, 1.82) is 0 Å². The number of fused-ring (bicyclic) bond motifs is 1. The van der Waals surface area contributed by atoms with Gasteiger partial charge in [-0.05, 0) is 56.2 Å². The summed E-state index contributed by atoms with van der Waals surface area (Å²) in [5.41, 5.74) is 4.30. The van der Waals surface area contributed by atoms with E-state index in [-0.39, 0.29) is 5.97 Å². The van der Waals surface area contributed by atoms with Crippen LogP contribution in [0.1, 0.15) is 63.3 Å². The van der Waals surface area contributed by atoms with E-state index in [4.69, 9.17) is 19.3 Å². The van der Waals surface area contributed by atoms with Crippen LogP contribution in [0.4, 0.5) is 5.95 Å². The van der Waals surface area contributed by atoms with Crippen LogP contribution < -0.4 is 14.8 Å². The lowest BCUT2D eigenvalue weighted by Crippen LogP contribution is -2.30. The molecule has 9 heteroatoms. The van der Waals surface area contributed by atoms with Gasteiger partial charge in [-0.2, -0.15) is 4.98 Å². The van der Waals surface area contributed by atoms with Crippen molar-refractivity contribution in [1.82, 2.24) is 14.8 Å². The monoisotopic (exact) mass is 536 g/mol. The third kappa shape index (κ3) is 6.32. The summed E-state index contributed by atoms with van der Waals surface area (Å²) in [7, 11) is 0. The number of nitrogens with one attached hydrogen (secondary N) is 1. The number of benzene rings is 2. The molecular weight excluding hydrogens is 500 g/mol. The first-order chi connectivity index (χ1) is 18.4. The number of esters is 1. The van der Waals surface area contributed by atoms with E-state index in [1.54, 1.807) is 16.4 Å². The Balaban J connectivity index is 1.71. The van der Waals surface area contributed by atoms with Gasteiger partial charge in [0.15, 0.2) is 11.5 Å². The number of hydrogen-bond acceptors (Lipinski definition) is 8. The van der Waals surface area contributed by atoms with Gasteiger partial charge >= 0.3 is 5.97 Å². The standard InChI is InChI=1S/C29H36N4O4S/c1-6-9-15-36-27(34)25-20(5)30-28-31-29(38-8-3)32-33(28)26(25)22-13-14-23(24(17-22)35-7-2)37-18-21-12-10-11-19(4)16-21/h10-14,16-17,26H,6-9,15,18H2,1-5H3,(H,30,31,32). The highest BCUT2D eigenvalue weighted by Gasteiger charge is 2.35. The Morgan fingerprint density at radius 1 is 1.08 bits per heavy atom. The van der Waals surface area contributed by atoms with E-state index in [2.05, 4.69) is 43.2 Å². The molecule has 0 saturated carbocycles. The van der Waals surface area contributed by atoms with Crippen LogP contribution >= 0.6 is 11.8 Å². The van der Waals surface area contributed by atoms with E-state index in [9.17, 15) is 4.79 Å². The molecule has 8 nitrogen and oxygen atoms in total. The molecule has 2 aromatic carbocycles. The van der Waals surface area contributed by atoms with Crippen LogP contribution in [0.3, 0.4) is 0 Å². The molecule has 0 saturated heterocycles. The second kappa shape index (κ2) is 12.9. The van der Waals surface area contributed by atoms with Crippen molar-refractivity contribution in [2.24, 2.45) is 0 Å². The lowest BCUT2D eigenvalue weighted by molar-refractivity contribution is -0.139. The largest absolute Gasteiger partial charge is 0.490 e. The minimum Gasteiger partial charge on any atom is -0.490 e. The normalized spacial score (nSPS) is 14.6. The minimum absolute atomic E-state index is 0.364. The first-order valence-electron chi connectivity index (χ1n) is 13.1. The molecule has 202 valence electrons. The Morgan fingerprint density at radius 2 is 1.92 bits per heavy atom. The second-order valence-corrected chi connectivity index (χ2v) is 10.3. The number of thioether (sulfide) groups is 1. The number of carbonyl (C=O) groups excluding carboxylic acids is 1. The van der Waals surface area contributed by atoms with E-state index in [1.165, 1.54) is 5.56 Å². The Bertz CT molecular complexity index is 1300. The molecule has 1 N–H and O–H groups in total. The maximum absolute atomic E-state index is 13.3. The van der Waals surface area contributed by atoms with E-state index in [1.807, 2.05) is 44.2 Å². The number of ether oxygens (including phenoxy) is 3. The van der Waals surface area contributed by atoms with Crippen molar-refractivity contribution in [2.45, 2.75) is 65.3 Å². The molecule has 1 atom stereocenters.